The third-order valence-electron chi connectivity index (χ3n) is 2.24. The van der Waals surface area contributed by atoms with Crippen LogP contribution < -0.4 is 16.0 Å². The van der Waals surface area contributed by atoms with Crippen molar-refractivity contribution in [1.29, 1.82) is 0 Å². The summed E-state index contributed by atoms with van der Waals surface area (Å²) in [5, 5.41) is 10.0. The monoisotopic (exact) mass is 195 g/mol. The molecule has 0 spiro atoms. The van der Waals surface area contributed by atoms with Gasteiger partial charge in [0.15, 0.2) is 0 Å². The lowest BCUT2D eigenvalue weighted by molar-refractivity contribution is 0.639. The molecule has 3 nitrogen and oxygen atoms in total. The quantitative estimate of drug-likeness (QED) is 0.544. The maximum Gasteiger partial charge on any atom is 0.0372 e. The molecule has 0 aromatic rings. The predicted molar refractivity (Wildman–Crippen MR) is 61.3 cm³/mol. The molecule has 0 atom stereocenters. The van der Waals surface area contributed by atoms with Crippen LogP contribution >= 0.6 is 0 Å². The van der Waals surface area contributed by atoms with Crippen LogP contribution in [0.5, 0.6) is 0 Å². The number of hydrogen-bond acceptors (Lipinski definition) is 3. The van der Waals surface area contributed by atoms with Crippen molar-refractivity contribution in [1.82, 2.24) is 16.0 Å². The first-order valence-corrected chi connectivity index (χ1v) is 5.34. The molecule has 0 aliphatic carbocycles. The predicted octanol–water partition coefficient (Wildman–Crippen LogP) is 0.619. The van der Waals surface area contributed by atoms with Gasteiger partial charge < -0.3 is 16.0 Å². The fraction of sp³-hybridized carbons (Fsp3) is 0.636. The van der Waals surface area contributed by atoms with Gasteiger partial charge in [-0.1, -0.05) is 13.0 Å². The summed E-state index contributed by atoms with van der Waals surface area (Å²) in [6.45, 7) is 9.32. The lowest BCUT2D eigenvalue weighted by atomic mass is 10.2. The van der Waals surface area contributed by atoms with Gasteiger partial charge in [0.2, 0.25) is 0 Å². The van der Waals surface area contributed by atoms with Gasteiger partial charge in [-0.2, -0.15) is 0 Å². The second kappa shape index (κ2) is 6.62. The van der Waals surface area contributed by atoms with E-state index in [0.29, 0.717) is 0 Å². The Morgan fingerprint density at radius 3 is 2.71 bits per heavy atom. The molecule has 3 N–H and O–H groups in total. The van der Waals surface area contributed by atoms with Crippen molar-refractivity contribution in [2.45, 2.75) is 13.8 Å². The number of rotatable bonds is 6. The molecule has 0 bridgehead atoms. The third-order valence-corrected chi connectivity index (χ3v) is 2.24. The normalized spacial score (nSPS) is 15.9. The van der Waals surface area contributed by atoms with E-state index in [0.717, 1.165) is 32.7 Å². The van der Waals surface area contributed by atoms with Crippen LogP contribution in [0.4, 0.5) is 0 Å². The van der Waals surface area contributed by atoms with Crippen LogP contribution in [0, 0.1) is 0 Å². The Bertz CT molecular complexity index is 219. The highest BCUT2D eigenvalue weighted by Crippen LogP contribution is 2.01. The van der Waals surface area contributed by atoms with Gasteiger partial charge in [-0.15, -0.1) is 0 Å². The number of nitrogens with one attached hydrogen (secondary N) is 3. The number of dihydropyridines is 1. The molecule has 0 fully saturated rings. The molecule has 0 saturated carbocycles. The molecule has 80 valence electrons. The van der Waals surface area contributed by atoms with Gasteiger partial charge in [0.05, 0.1) is 0 Å². The highest BCUT2D eigenvalue weighted by atomic mass is 14.9. The van der Waals surface area contributed by atoms with E-state index >= 15 is 0 Å². The minimum atomic E-state index is 0.983. The summed E-state index contributed by atoms with van der Waals surface area (Å²) in [7, 11) is 0. The van der Waals surface area contributed by atoms with Gasteiger partial charge >= 0.3 is 0 Å². The Labute approximate surface area is 86.7 Å². The first kappa shape index (κ1) is 11.3. The average Bonchev–Trinajstić information content (AvgIpc) is 2.21. The first-order valence-electron chi connectivity index (χ1n) is 5.34. The molecule has 0 unspecified atom stereocenters. The second-order valence-corrected chi connectivity index (χ2v) is 3.56. The van der Waals surface area contributed by atoms with Crippen molar-refractivity contribution in [3.8, 4) is 0 Å². The maximum atomic E-state index is 3.40. The smallest absolute Gasteiger partial charge is 0.0372 e. The third kappa shape index (κ3) is 4.44. The zero-order chi connectivity index (χ0) is 10.2. The highest BCUT2D eigenvalue weighted by molar-refractivity contribution is 5.23. The molecular formula is C11H21N3. The van der Waals surface area contributed by atoms with E-state index < -0.39 is 0 Å². The summed E-state index contributed by atoms with van der Waals surface area (Å²) in [6, 6.07) is 0. The van der Waals surface area contributed by atoms with E-state index in [2.05, 4.69) is 41.9 Å². The summed E-state index contributed by atoms with van der Waals surface area (Å²) < 4.78 is 0. The summed E-state index contributed by atoms with van der Waals surface area (Å²) in [5.74, 6) is 0. The average molecular weight is 195 g/mol. The van der Waals surface area contributed by atoms with Crippen LogP contribution in [0.2, 0.25) is 0 Å². The molecule has 1 rings (SSSR count). The van der Waals surface area contributed by atoms with Crippen molar-refractivity contribution in [2.75, 3.05) is 32.7 Å². The van der Waals surface area contributed by atoms with Gasteiger partial charge in [0, 0.05) is 31.9 Å². The Hall–Kier alpha value is -0.800. The zero-order valence-electron chi connectivity index (χ0n) is 9.19. The molecule has 14 heavy (non-hydrogen) atoms. The largest absolute Gasteiger partial charge is 0.385 e. The molecule has 1 aliphatic heterocycles. The van der Waals surface area contributed by atoms with Crippen molar-refractivity contribution >= 4 is 0 Å². The maximum absolute atomic E-state index is 3.40. The summed E-state index contributed by atoms with van der Waals surface area (Å²) >= 11 is 0. The SMILES string of the molecule is CCNCCNCC1=CC=C(C)NC1. The van der Waals surface area contributed by atoms with Crippen LogP contribution in [0.15, 0.2) is 23.4 Å². The van der Waals surface area contributed by atoms with Crippen LogP contribution in [0.25, 0.3) is 0 Å². The molecule has 1 aliphatic rings. The van der Waals surface area contributed by atoms with Crippen molar-refractivity contribution in [3.05, 3.63) is 23.4 Å². The van der Waals surface area contributed by atoms with E-state index in [4.69, 9.17) is 0 Å². The number of likely N-dealkylation sites (N-methyl/N-ethyl adjacent to an activating group) is 1. The fourth-order valence-corrected chi connectivity index (χ4v) is 1.34. The van der Waals surface area contributed by atoms with Crippen molar-refractivity contribution in [2.24, 2.45) is 0 Å². The molecule has 0 aromatic heterocycles. The lowest BCUT2D eigenvalue weighted by Gasteiger charge is -2.15. The van der Waals surface area contributed by atoms with Crippen LogP contribution in [-0.4, -0.2) is 32.7 Å². The van der Waals surface area contributed by atoms with Gasteiger partial charge in [0.1, 0.15) is 0 Å². The Kier molecular flexibility index (Phi) is 5.33. The standard InChI is InChI=1S/C11H21N3/c1-3-12-6-7-13-8-11-5-4-10(2)14-9-11/h4-5,12-14H,3,6-9H2,1-2H3. The van der Waals surface area contributed by atoms with E-state index in [1.807, 2.05) is 0 Å². The minimum absolute atomic E-state index is 0.983. The van der Waals surface area contributed by atoms with Gasteiger partial charge in [-0.3, -0.25) is 0 Å². The Morgan fingerprint density at radius 2 is 2.07 bits per heavy atom. The Morgan fingerprint density at radius 1 is 1.29 bits per heavy atom. The molecule has 3 heteroatoms. The number of allylic oxidation sites excluding steroid dienone is 3. The fourth-order valence-electron chi connectivity index (χ4n) is 1.34. The second-order valence-electron chi connectivity index (χ2n) is 3.56. The van der Waals surface area contributed by atoms with E-state index in [9.17, 15) is 0 Å². The lowest BCUT2D eigenvalue weighted by Crippen LogP contribution is -2.31. The highest BCUT2D eigenvalue weighted by Gasteiger charge is 2.00. The van der Waals surface area contributed by atoms with E-state index in [-0.39, 0.29) is 0 Å². The van der Waals surface area contributed by atoms with Crippen molar-refractivity contribution in [3.63, 3.8) is 0 Å². The van der Waals surface area contributed by atoms with Crippen LogP contribution in [0.1, 0.15) is 13.8 Å². The molecule has 0 amide bonds. The molecule has 1 heterocycles. The number of hydrogen-bond donors (Lipinski definition) is 3. The summed E-state index contributed by atoms with van der Waals surface area (Å²) in [5.41, 5.74) is 2.67. The minimum Gasteiger partial charge on any atom is -0.385 e. The molecule has 0 aromatic carbocycles. The Balaban J connectivity index is 2.07. The molecule has 0 radical (unpaired) electrons. The van der Waals surface area contributed by atoms with Crippen molar-refractivity contribution < 1.29 is 0 Å². The first-order chi connectivity index (χ1) is 6.83. The van der Waals surface area contributed by atoms with Gasteiger partial charge in [-0.25, -0.2) is 0 Å². The van der Waals surface area contributed by atoms with Crippen LogP contribution in [-0.2, 0) is 0 Å². The summed E-state index contributed by atoms with van der Waals surface area (Å²) in [4.78, 5) is 0. The molecule has 0 saturated heterocycles. The topological polar surface area (TPSA) is 36.1 Å². The van der Waals surface area contributed by atoms with E-state index in [1.165, 1.54) is 11.3 Å². The summed E-state index contributed by atoms with van der Waals surface area (Å²) in [6.07, 6.45) is 4.33. The van der Waals surface area contributed by atoms with E-state index in [1.54, 1.807) is 0 Å². The zero-order valence-corrected chi connectivity index (χ0v) is 9.19. The van der Waals surface area contributed by atoms with Crippen LogP contribution in [0.3, 0.4) is 0 Å². The molecular weight excluding hydrogens is 174 g/mol. The van der Waals surface area contributed by atoms with Gasteiger partial charge in [-0.05, 0) is 25.1 Å². The van der Waals surface area contributed by atoms with Gasteiger partial charge in [0.25, 0.3) is 0 Å².